The maximum atomic E-state index is 11.9. The number of halogens is 2. The van der Waals surface area contributed by atoms with E-state index in [4.69, 9.17) is 27.9 Å². The molecule has 29 heavy (non-hydrogen) atoms. The van der Waals surface area contributed by atoms with Gasteiger partial charge in [0.1, 0.15) is 12.4 Å². The Kier molecular flexibility index (Phi) is 7.03. The molecule has 0 atom stereocenters. The maximum Gasteiger partial charge on any atom is 0.319 e. The fraction of sp³-hybridized carbons (Fsp3) is 0.105. The van der Waals surface area contributed by atoms with Crippen molar-refractivity contribution in [2.24, 2.45) is 0 Å². The molecule has 2 aromatic rings. The fourth-order valence-corrected chi connectivity index (χ4v) is 3.30. The van der Waals surface area contributed by atoms with Crippen molar-refractivity contribution in [1.82, 2.24) is 10.6 Å². The minimum Gasteiger partial charge on any atom is -0.492 e. The molecule has 0 aliphatic carbocycles. The molecule has 0 bridgehead atoms. The minimum atomic E-state index is -0.398. The Labute approximate surface area is 180 Å². The first-order valence-corrected chi connectivity index (χ1v) is 9.95. The molecule has 3 rings (SSSR count). The fourth-order valence-electron chi connectivity index (χ4n) is 2.32. The lowest BCUT2D eigenvalue weighted by Crippen LogP contribution is -2.32. The normalized spacial score (nSPS) is 14.6. The second-order valence-corrected chi connectivity index (χ2v) is 7.61. The lowest BCUT2D eigenvalue weighted by atomic mass is 10.2. The van der Waals surface area contributed by atoms with Crippen LogP contribution in [0, 0.1) is 0 Å². The van der Waals surface area contributed by atoms with Gasteiger partial charge in [-0.15, -0.1) is 0 Å². The Bertz CT molecular complexity index is 980. The lowest BCUT2D eigenvalue weighted by molar-refractivity contribution is -0.115. The number of benzene rings is 2. The Morgan fingerprint density at radius 1 is 1.10 bits per heavy atom. The van der Waals surface area contributed by atoms with Crippen molar-refractivity contribution in [3.8, 4) is 5.75 Å². The summed E-state index contributed by atoms with van der Waals surface area (Å²) in [5, 5.41) is 7.89. The van der Waals surface area contributed by atoms with Gasteiger partial charge in [-0.1, -0.05) is 35.3 Å². The van der Waals surface area contributed by atoms with E-state index in [0.29, 0.717) is 26.4 Å². The van der Waals surface area contributed by atoms with Crippen LogP contribution in [0.2, 0.25) is 10.0 Å². The number of carbonyl (C=O) groups is 3. The van der Waals surface area contributed by atoms with Crippen molar-refractivity contribution in [2.45, 2.75) is 0 Å². The summed E-state index contributed by atoms with van der Waals surface area (Å²) in [7, 11) is 0. The van der Waals surface area contributed by atoms with E-state index in [2.05, 4.69) is 16.0 Å². The van der Waals surface area contributed by atoms with Gasteiger partial charge in [-0.3, -0.25) is 14.9 Å². The molecule has 10 heteroatoms. The van der Waals surface area contributed by atoms with Crippen LogP contribution in [0.15, 0.2) is 47.4 Å². The molecule has 0 aromatic heterocycles. The van der Waals surface area contributed by atoms with Crippen LogP contribution in [0.25, 0.3) is 6.08 Å². The second-order valence-electron chi connectivity index (χ2n) is 5.78. The molecule has 1 saturated heterocycles. The summed E-state index contributed by atoms with van der Waals surface area (Å²) in [6, 6.07) is 11.4. The third-order valence-electron chi connectivity index (χ3n) is 3.65. The number of carbonyl (C=O) groups excluding carboxylic acids is 3. The average Bonchev–Trinajstić information content (AvgIpc) is 3.00. The molecule has 3 N–H and O–H groups in total. The Morgan fingerprint density at radius 2 is 1.86 bits per heavy atom. The number of urea groups is 1. The predicted molar refractivity (Wildman–Crippen MR) is 115 cm³/mol. The molecule has 1 aliphatic rings. The highest BCUT2D eigenvalue weighted by Gasteiger charge is 2.24. The van der Waals surface area contributed by atoms with Crippen LogP contribution in [-0.4, -0.2) is 30.3 Å². The number of anilines is 1. The Hall–Kier alpha value is -2.68. The van der Waals surface area contributed by atoms with Gasteiger partial charge < -0.3 is 15.4 Å². The zero-order valence-electron chi connectivity index (χ0n) is 14.8. The number of thioether (sulfide) groups is 1. The highest BCUT2D eigenvalue weighted by atomic mass is 35.5. The van der Waals surface area contributed by atoms with Crippen LogP contribution in [0.1, 0.15) is 5.56 Å². The number of ether oxygens (including phenoxy) is 1. The summed E-state index contributed by atoms with van der Waals surface area (Å²) in [5.41, 5.74) is 1.29. The van der Waals surface area contributed by atoms with Crippen LogP contribution in [0.4, 0.5) is 15.3 Å². The van der Waals surface area contributed by atoms with E-state index in [1.54, 1.807) is 48.5 Å². The first-order valence-electron chi connectivity index (χ1n) is 8.38. The van der Waals surface area contributed by atoms with Crippen LogP contribution in [0.3, 0.4) is 0 Å². The topological polar surface area (TPSA) is 96.5 Å². The molecule has 0 radical (unpaired) electrons. The molecule has 7 nitrogen and oxygen atoms in total. The molecule has 2 aromatic carbocycles. The molecule has 1 fully saturated rings. The number of nitrogens with one attached hydrogen (secondary N) is 3. The van der Waals surface area contributed by atoms with E-state index < -0.39 is 11.9 Å². The monoisotopic (exact) mass is 451 g/mol. The molecule has 0 unspecified atom stereocenters. The molecular formula is C19H15Cl2N3O4S. The summed E-state index contributed by atoms with van der Waals surface area (Å²) in [5.74, 6) is 0.212. The van der Waals surface area contributed by atoms with Crippen LogP contribution >= 0.6 is 35.0 Å². The minimum absolute atomic E-state index is 0.266. The van der Waals surface area contributed by atoms with Gasteiger partial charge in [0.25, 0.3) is 11.1 Å². The van der Waals surface area contributed by atoms with Crippen LogP contribution < -0.4 is 20.7 Å². The quantitative estimate of drug-likeness (QED) is 0.443. The first-order chi connectivity index (χ1) is 13.9. The van der Waals surface area contributed by atoms with Crippen molar-refractivity contribution < 1.29 is 19.1 Å². The SMILES string of the molecule is O=C(NCCOc1ccc(/C=C2\SC(=O)NC2=O)cc1)Nc1ccc(Cl)c(Cl)c1. The van der Waals surface area contributed by atoms with Gasteiger partial charge in [0, 0.05) is 5.69 Å². The van der Waals surface area contributed by atoms with Crippen molar-refractivity contribution in [1.29, 1.82) is 0 Å². The summed E-state index contributed by atoms with van der Waals surface area (Å²) in [6.45, 7) is 0.555. The predicted octanol–water partition coefficient (Wildman–Crippen LogP) is 4.52. The molecule has 1 heterocycles. The summed E-state index contributed by atoms with van der Waals surface area (Å²) in [6.07, 6.45) is 1.63. The van der Waals surface area contributed by atoms with Gasteiger partial charge in [-0.05, 0) is 53.7 Å². The van der Waals surface area contributed by atoms with E-state index in [1.807, 2.05) is 0 Å². The zero-order valence-corrected chi connectivity index (χ0v) is 17.2. The highest BCUT2D eigenvalue weighted by molar-refractivity contribution is 8.18. The Morgan fingerprint density at radius 3 is 2.52 bits per heavy atom. The van der Waals surface area contributed by atoms with E-state index in [1.165, 1.54) is 0 Å². The van der Waals surface area contributed by atoms with E-state index >= 15 is 0 Å². The molecule has 0 spiro atoms. The van der Waals surface area contributed by atoms with Gasteiger partial charge in [0.05, 0.1) is 21.5 Å². The number of rotatable bonds is 6. The van der Waals surface area contributed by atoms with Gasteiger partial charge in [0.15, 0.2) is 0 Å². The van der Waals surface area contributed by atoms with Gasteiger partial charge in [-0.25, -0.2) is 4.79 Å². The highest BCUT2D eigenvalue weighted by Crippen LogP contribution is 2.26. The first kappa shape index (κ1) is 21.0. The van der Waals surface area contributed by atoms with Crippen molar-refractivity contribution in [3.05, 3.63) is 63.0 Å². The van der Waals surface area contributed by atoms with Crippen LogP contribution in [-0.2, 0) is 4.79 Å². The summed E-state index contributed by atoms with van der Waals surface area (Å²) >= 11 is 12.6. The standard InChI is InChI=1S/C19H15Cl2N3O4S/c20-14-6-3-12(10-15(14)21)23-18(26)22-7-8-28-13-4-1-11(2-5-13)9-16-17(25)24-19(27)29-16/h1-6,9-10H,7-8H2,(H2,22,23,26)(H,24,25,27)/b16-9-. The average molecular weight is 452 g/mol. The van der Waals surface area contributed by atoms with Crippen molar-refractivity contribution in [3.63, 3.8) is 0 Å². The number of imide groups is 1. The summed E-state index contributed by atoms with van der Waals surface area (Å²) < 4.78 is 5.56. The van der Waals surface area contributed by atoms with Gasteiger partial charge in [0.2, 0.25) is 0 Å². The van der Waals surface area contributed by atoms with E-state index in [0.717, 1.165) is 17.3 Å². The molecule has 150 valence electrons. The summed E-state index contributed by atoms with van der Waals surface area (Å²) in [4.78, 5) is 34.9. The van der Waals surface area contributed by atoms with E-state index in [-0.39, 0.29) is 18.4 Å². The Balaban J connectivity index is 1.42. The number of amides is 4. The zero-order chi connectivity index (χ0) is 20.8. The molecular weight excluding hydrogens is 437 g/mol. The molecule has 1 aliphatic heterocycles. The smallest absolute Gasteiger partial charge is 0.319 e. The van der Waals surface area contributed by atoms with Gasteiger partial charge >= 0.3 is 6.03 Å². The molecule has 0 saturated carbocycles. The second kappa shape index (κ2) is 9.69. The largest absolute Gasteiger partial charge is 0.492 e. The van der Waals surface area contributed by atoms with Gasteiger partial charge in [-0.2, -0.15) is 0 Å². The van der Waals surface area contributed by atoms with Crippen LogP contribution in [0.5, 0.6) is 5.75 Å². The molecule has 4 amide bonds. The van der Waals surface area contributed by atoms with E-state index in [9.17, 15) is 14.4 Å². The number of hydrogen-bond donors (Lipinski definition) is 3. The number of hydrogen-bond acceptors (Lipinski definition) is 5. The lowest BCUT2D eigenvalue weighted by Gasteiger charge is -2.10. The van der Waals surface area contributed by atoms with Crippen molar-refractivity contribution >= 4 is 63.9 Å². The van der Waals surface area contributed by atoms with Crippen molar-refractivity contribution in [2.75, 3.05) is 18.5 Å². The maximum absolute atomic E-state index is 11.9. The third kappa shape index (κ3) is 6.15. The third-order valence-corrected chi connectivity index (χ3v) is 5.20.